The maximum Gasteiger partial charge on any atom is 0.233 e. The zero-order valence-electron chi connectivity index (χ0n) is 14.3. The number of hydrogen-bond acceptors (Lipinski definition) is 5. The molecule has 0 aliphatic heterocycles. The van der Waals surface area contributed by atoms with Crippen LogP contribution in [-0.4, -0.2) is 33.1 Å². The van der Waals surface area contributed by atoms with Gasteiger partial charge in [0.25, 0.3) is 0 Å². The summed E-state index contributed by atoms with van der Waals surface area (Å²) in [4.78, 5) is 24.1. The van der Waals surface area contributed by atoms with Crippen molar-refractivity contribution in [3.8, 4) is 17.2 Å². The van der Waals surface area contributed by atoms with E-state index in [1.165, 1.54) is 21.3 Å². The van der Waals surface area contributed by atoms with E-state index in [0.717, 1.165) is 0 Å². The number of anilines is 2. The fourth-order valence-electron chi connectivity index (χ4n) is 2.16. The highest BCUT2D eigenvalue weighted by molar-refractivity contribution is 6.08. The first-order chi connectivity index (χ1) is 12.0. The summed E-state index contributed by atoms with van der Waals surface area (Å²) in [7, 11) is 4.55. The van der Waals surface area contributed by atoms with Gasteiger partial charge in [-0.25, -0.2) is 0 Å². The molecule has 0 radical (unpaired) electrons. The summed E-state index contributed by atoms with van der Waals surface area (Å²) in [5.74, 6) is 0.752. The molecule has 2 rings (SSSR count). The van der Waals surface area contributed by atoms with E-state index < -0.39 is 11.8 Å². The maximum absolute atomic E-state index is 12.1. The van der Waals surface area contributed by atoms with Gasteiger partial charge in [0.15, 0.2) is 0 Å². The summed E-state index contributed by atoms with van der Waals surface area (Å²) >= 11 is 0. The normalized spacial score (nSPS) is 9.88. The second-order valence-corrected chi connectivity index (χ2v) is 5.07. The van der Waals surface area contributed by atoms with Crippen molar-refractivity contribution in [1.82, 2.24) is 0 Å². The largest absolute Gasteiger partial charge is 0.497 e. The fourth-order valence-corrected chi connectivity index (χ4v) is 2.16. The zero-order valence-corrected chi connectivity index (χ0v) is 14.3. The standard InChI is InChI=1S/C18H20N2O5/c1-23-13-6-4-5-12(9-13)19-17(21)11-18(22)20-15-10-14(24-2)7-8-16(15)25-3/h4-10H,11H2,1-3H3,(H,19,21)(H,20,22). The number of methoxy groups -OCH3 is 3. The van der Waals surface area contributed by atoms with Crippen LogP contribution in [0.3, 0.4) is 0 Å². The second-order valence-electron chi connectivity index (χ2n) is 5.07. The molecule has 0 aliphatic carbocycles. The fraction of sp³-hybridized carbons (Fsp3) is 0.222. The van der Waals surface area contributed by atoms with Crippen molar-refractivity contribution in [1.29, 1.82) is 0 Å². The van der Waals surface area contributed by atoms with Crippen molar-refractivity contribution in [2.75, 3.05) is 32.0 Å². The molecule has 7 heteroatoms. The molecule has 2 aromatic rings. The van der Waals surface area contributed by atoms with Crippen molar-refractivity contribution in [2.24, 2.45) is 0 Å². The molecule has 0 fully saturated rings. The Balaban J connectivity index is 1.98. The van der Waals surface area contributed by atoms with Gasteiger partial charge in [-0.05, 0) is 24.3 Å². The predicted octanol–water partition coefficient (Wildman–Crippen LogP) is 2.68. The van der Waals surface area contributed by atoms with Gasteiger partial charge in [-0.1, -0.05) is 6.07 Å². The van der Waals surface area contributed by atoms with E-state index in [9.17, 15) is 9.59 Å². The smallest absolute Gasteiger partial charge is 0.233 e. The van der Waals surface area contributed by atoms with E-state index in [1.807, 2.05) is 0 Å². The average molecular weight is 344 g/mol. The third-order valence-corrected chi connectivity index (χ3v) is 3.36. The Hall–Kier alpha value is -3.22. The minimum Gasteiger partial charge on any atom is -0.497 e. The van der Waals surface area contributed by atoms with Crippen LogP contribution in [0.1, 0.15) is 6.42 Å². The van der Waals surface area contributed by atoms with E-state index in [1.54, 1.807) is 42.5 Å². The minimum atomic E-state index is -0.466. The molecule has 2 aromatic carbocycles. The maximum atomic E-state index is 12.1. The molecule has 132 valence electrons. The van der Waals surface area contributed by atoms with Crippen LogP contribution in [0, 0.1) is 0 Å². The van der Waals surface area contributed by atoms with Gasteiger partial charge in [-0.3, -0.25) is 9.59 Å². The lowest BCUT2D eigenvalue weighted by atomic mass is 10.2. The van der Waals surface area contributed by atoms with Gasteiger partial charge in [0, 0.05) is 17.8 Å². The molecular weight excluding hydrogens is 324 g/mol. The van der Waals surface area contributed by atoms with Crippen LogP contribution in [0.5, 0.6) is 17.2 Å². The van der Waals surface area contributed by atoms with Crippen molar-refractivity contribution < 1.29 is 23.8 Å². The molecule has 0 atom stereocenters. The van der Waals surface area contributed by atoms with Crippen LogP contribution in [0.25, 0.3) is 0 Å². The summed E-state index contributed by atoms with van der Waals surface area (Å²) in [5.41, 5.74) is 0.983. The molecule has 0 unspecified atom stereocenters. The Labute approximate surface area is 145 Å². The molecule has 0 aliphatic rings. The number of rotatable bonds is 7. The van der Waals surface area contributed by atoms with E-state index >= 15 is 0 Å². The molecule has 0 bridgehead atoms. The van der Waals surface area contributed by atoms with Crippen LogP contribution in [-0.2, 0) is 9.59 Å². The predicted molar refractivity (Wildman–Crippen MR) is 94.4 cm³/mol. The Morgan fingerprint density at radius 2 is 1.52 bits per heavy atom. The molecule has 25 heavy (non-hydrogen) atoms. The Bertz CT molecular complexity index is 761. The molecule has 0 saturated heterocycles. The van der Waals surface area contributed by atoms with E-state index in [-0.39, 0.29) is 6.42 Å². The lowest BCUT2D eigenvalue weighted by Gasteiger charge is -2.12. The van der Waals surface area contributed by atoms with Gasteiger partial charge in [-0.2, -0.15) is 0 Å². The molecule has 0 aromatic heterocycles. The van der Waals surface area contributed by atoms with Crippen LogP contribution in [0.2, 0.25) is 0 Å². The van der Waals surface area contributed by atoms with Crippen molar-refractivity contribution in [3.63, 3.8) is 0 Å². The summed E-state index contributed by atoms with van der Waals surface area (Å²) in [6.07, 6.45) is -0.336. The van der Waals surface area contributed by atoms with Crippen LogP contribution >= 0.6 is 0 Å². The molecule has 7 nitrogen and oxygen atoms in total. The van der Waals surface area contributed by atoms with Gasteiger partial charge >= 0.3 is 0 Å². The van der Waals surface area contributed by atoms with E-state index in [0.29, 0.717) is 28.6 Å². The van der Waals surface area contributed by atoms with Crippen molar-refractivity contribution in [3.05, 3.63) is 42.5 Å². The Morgan fingerprint density at radius 3 is 2.20 bits per heavy atom. The number of ether oxygens (including phenoxy) is 3. The van der Waals surface area contributed by atoms with Crippen LogP contribution in [0.4, 0.5) is 11.4 Å². The first-order valence-electron chi connectivity index (χ1n) is 7.51. The highest BCUT2D eigenvalue weighted by Gasteiger charge is 2.13. The summed E-state index contributed by atoms with van der Waals surface area (Å²) in [6, 6.07) is 11.9. The molecule has 0 spiro atoms. The van der Waals surface area contributed by atoms with Crippen molar-refractivity contribution >= 4 is 23.2 Å². The molecule has 0 saturated carbocycles. The monoisotopic (exact) mass is 344 g/mol. The number of amides is 2. The molecular formula is C18H20N2O5. The first-order valence-corrected chi connectivity index (χ1v) is 7.51. The summed E-state index contributed by atoms with van der Waals surface area (Å²) in [6.45, 7) is 0. The number of carbonyl (C=O) groups is 2. The zero-order chi connectivity index (χ0) is 18.2. The second kappa shape index (κ2) is 8.58. The number of nitrogens with one attached hydrogen (secondary N) is 2. The van der Waals surface area contributed by atoms with Crippen LogP contribution in [0.15, 0.2) is 42.5 Å². The molecule has 2 amide bonds. The minimum absolute atomic E-state index is 0.336. The SMILES string of the molecule is COc1cccc(NC(=O)CC(=O)Nc2cc(OC)ccc2OC)c1. The highest BCUT2D eigenvalue weighted by atomic mass is 16.5. The van der Waals surface area contributed by atoms with Gasteiger partial charge < -0.3 is 24.8 Å². The van der Waals surface area contributed by atoms with Gasteiger partial charge in [0.1, 0.15) is 23.7 Å². The van der Waals surface area contributed by atoms with Gasteiger partial charge in [0.05, 0.1) is 27.0 Å². The van der Waals surface area contributed by atoms with E-state index in [2.05, 4.69) is 10.6 Å². The highest BCUT2D eigenvalue weighted by Crippen LogP contribution is 2.29. The van der Waals surface area contributed by atoms with Crippen LogP contribution < -0.4 is 24.8 Å². The number of hydrogen-bond donors (Lipinski definition) is 2. The lowest BCUT2D eigenvalue weighted by molar-refractivity contribution is -0.123. The molecule has 2 N–H and O–H groups in total. The van der Waals surface area contributed by atoms with Gasteiger partial charge in [-0.15, -0.1) is 0 Å². The Morgan fingerprint density at radius 1 is 0.840 bits per heavy atom. The third kappa shape index (κ3) is 5.13. The number of carbonyl (C=O) groups excluding carboxylic acids is 2. The first kappa shape index (κ1) is 18.1. The van der Waals surface area contributed by atoms with Gasteiger partial charge in [0.2, 0.25) is 11.8 Å². The van der Waals surface area contributed by atoms with E-state index in [4.69, 9.17) is 14.2 Å². The molecule has 0 heterocycles. The summed E-state index contributed by atoms with van der Waals surface area (Å²) < 4.78 is 15.4. The lowest BCUT2D eigenvalue weighted by Crippen LogP contribution is -2.21. The topological polar surface area (TPSA) is 85.9 Å². The third-order valence-electron chi connectivity index (χ3n) is 3.36. The van der Waals surface area contributed by atoms with Crippen molar-refractivity contribution in [2.45, 2.75) is 6.42 Å². The quantitative estimate of drug-likeness (QED) is 0.754. The summed E-state index contributed by atoms with van der Waals surface area (Å²) in [5, 5.41) is 5.29. The number of benzene rings is 2. The Kier molecular flexibility index (Phi) is 6.22. The average Bonchev–Trinajstić information content (AvgIpc) is 2.61.